The summed E-state index contributed by atoms with van der Waals surface area (Å²) in [7, 11) is 0. The van der Waals surface area contributed by atoms with Crippen molar-refractivity contribution in [1.82, 2.24) is 21.3 Å². The summed E-state index contributed by atoms with van der Waals surface area (Å²) < 4.78 is 20.4. The smallest absolute Gasteiger partial charge is 0.407 e. The van der Waals surface area contributed by atoms with Crippen molar-refractivity contribution in [3.05, 3.63) is 107 Å². The zero-order valence-electron chi connectivity index (χ0n) is 25.8. The number of hydrogen-bond acceptors (Lipinski definition) is 8. The Morgan fingerprint density at radius 2 is 0.783 bits per heavy atom. The molecule has 0 heterocycles. The van der Waals surface area contributed by atoms with E-state index in [1.165, 1.54) is 0 Å². The van der Waals surface area contributed by atoms with E-state index in [9.17, 15) is 19.2 Å². The zero-order valence-corrected chi connectivity index (χ0v) is 25.8. The first kappa shape index (κ1) is 35.2. The Labute approximate surface area is 269 Å². The van der Waals surface area contributed by atoms with Gasteiger partial charge in [0.1, 0.15) is 0 Å². The highest BCUT2D eigenvalue weighted by molar-refractivity contribution is 5.68. The number of alkyl carbamates (subject to hydrolysis) is 4. The molecule has 0 aromatic heterocycles. The summed E-state index contributed by atoms with van der Waals surface area (Å²) in [6.45, 7) is 1.86. The second kappa shape index (κ2) is 21.4. The highest BCUT2D eigenvalue weighted by Gasteiger charge is 2.07. The van der Waals surface area contributed by atoms with Crippen molar-refractivity contribution in [2.24, 2.45) is 0 Å². The maximum Gasteiger partial charge on any atom is 0.407 e. The van der Waals surface area contributed by atoms with Crippen molar-refractivity contribution in [2.75, 3.05) is 39.5 Å². The van der Waals surface area contributed by atoms with Crippen LogP contribution in [0.2, 0.25) is 0 Å². The summed E-state index contributed by atoms with van der Waals surface area (Å²) in [4.78, 5) is 47.5. The maximum absolute atomic E-state index is 12.0. The molecule has 0 aliphatic heterocycles. The summed E-state index contributed by atoms with van der Waals surface area (Å²) in [6, 6.07) is 27.0. The van der Waals surface area contributed by atoms with Crippen LogP contribution in [0.1, 0.15) is 35.1 Å². The van der Waals surface area contributed by atoms with Gasteiger partial charge in [-0.05, 0) is 35.1 Å². The summed E-state index contributed by atoms with van der Waals surface area (Å²) in [5, 5.41) is 10.7. The third kappa shape index (κ3) is 16.0. The number of amides is 4. The van der Waals surface area contributed by atoms with Crippen LogP contribution in [0.15, 0.2) is 84.9 Å². The van der Waals surface area contributed by atoms with Gasteiger partial charge in [0.15, 0.2) is 0 Å². The molecule has 0 unspecified atom stereocenters. The molecule has 0 saturated heterocycles. The molecule has 0 aliphatic rings. The molecule has 0 radical (unpaired) electrons. The molecule has 0 bridgehead atoms. The van der Waals surface area contributed by atoms with E-state index in [1.807, 2.05) is 84.9 Å². The number of carbonyl (C=O) groups excluding carboxylic acids is 4. The van der Waals surface area contributed by atoms with Gasteiger partial charge in [0.25, 0.3) is 0 Å². The minimum absolute atomic E-state index is 0.100. The van der Waals surface area contributed by atoms with Gasteiger partial charge < -0.3 is 40.2 Å². The summed E-state index contributed by atoms with van der Waals surface area (Å²) in [6.07, 6.45) is -0.0409. The number of carbonyl (C=O) groups is 4. The molecule has 12 heteroatoms. The van der Waals surface area contributed by atoms with Crippen molar-refractivity contribution in [1.29, 1.82) is 0 Å². The Balaban J connectivity index is 1.16. The van der Waals surface area contributed by atoms with Crippen LogP contribution in [0.25, 0.3) is 0 Å². The van der Waals surface area contributed by atoms with E-state index >= 15 is 0 Å². The van der Waals surface area contributed by atoms with Gasteiger partial charge in [-0.15, -0.1) is 0 Å². The van der Waals surface area contributed by atoms with Crippen molar-refractivity contribution >= 4 is 24.4 Å². The lowest BCUT2D eigenvalue weighted by molar-refractivity contribution is 0.117. The highest BCUT2D eigenvalue weighted by atomic mass is 16.6. The molecule has 3 aromatic carbocycles. The van der Waals surface area contributed by atoms with E-state index < -0.39 is 24.4 Å². The first-order valence-corrected chi connectivity index (χ1v) is 15.3. The third-order valence-electron chi connectivity index (χ3n) is 6.43. The maximum atomic E-state index is 12.0. The first-order chi connectivity index (χ1) is 22.5. The SMILES string of the molecule is O=C(NCCc1ccccc1)OCCCOC(=O)NCc1cccc(CNC(=O)OCCCOC(=O)NCCc2ccccc2)c1. The largest absolute Gasteiger partial charge is 0.449 e. The Bertz CT molecular complexity index is 1240. The lowest BCUT2D eigenvalue weighted by atomic mass is 10.1. The van der Waals surface area contributed by atoms with Gasteiger partial charge in [0.05, 0.1) is 26.4 Å². The van der Waals surface area contributed by atoms with Crippen LogP contribution in [0.4, 0.5) is 19.2 Å². The van der Waals surface area contributed by atoms with Crippen LogP contribution in [-0.4, -0.2) is 63.9 Å². The molecule has 3 rings (SSSR count). The fourth-order valence-electron chi connectivity index (χ4n) is 4.09. The van der Waals surface area contributed by atoms with Crippen LogP contribution in [-0.2, 0) is 44.9 Å². The average molecular weight is 635 g/mol. The quantitative estimate of drug-likeness (QED) is 0.114. The fourth-order valence-corrected chi connectivity index (χ4v) is 4.09. The lowest BCUT2D eigenvalue weighted by Crippen LogP contribution is -2.28. The van der Waals surface area contributed by atoms with Gasteiger partial charge in [-0.2, -0.15) is 0 Å². The first-order valence-electron chi connectivity index (χ1n) is 15.3. The molecule has 246 valence electrons. The minimum atomic E-state index is -0.590. The number of ether oxygens (including phenoxy) is 4. The predicted molar refractivity (Wildman–Crippen MR) is 171 cm³/mol. The standard InChI is InChI=1S/C34H42N4O8/c39-31(35-18-16-27-10-3-1-4-11-27)43-20-8-22-45-33(41)37-25-29-14-7-15-30(24-29)26-38-34(42)46-23-9-21-44-32(40)36-19-17-28-12-5-2-6-13-28/h1-7,10-15,24H,8-9,16-23,25-26H2,(H,35,39)(H,36,40)(H,37,41)(H,38,42). The van der Waals surface area contributed by atoms with Crippen LogP contribution in [0.3, 0.4) is 0 Å². The fraction of sp³-hybridized carbons (Fsp3) is 0.353. The molecule has 0 aliphatic carbocycles. The molecule has 0 fully saturated rings. The predicted octanol–water partition coefficient (Wildman–Crippen LogP) is 4.86. The molecule has 46 heavy (non-hydrogen) atoms. The van der Waals surface area contributed by atoms with Gasteiger partial charge in [0, 0.05) is 39.0 Å². The van der Waals surface area contributed by atoms with Crippen molar-refractivity contribution in [2.45, 2.75) is 38.8 Å². The Hall–Kier alpha value is -5.26. The second-order valence-electron chi connectivity index (χ2n) is 10.1. The molecular weight excluding hydrogens is 592 g/mol. The Kier molecular flexibility index (Phi) is 16.4. The van der Waals surface area contributed by atoms with Gasteiger partial charge >= 0.3 is 24.4 Å². The molecule has 4 amide bonds. The van der Waals surface area contributed by atoms with E-state index in [2.05, 4.69) is 21.3 Å². The van der Waals surface area contributed by atoms with E-state index in [0.29, 0.717) is 38.8 Å². The van der Waals surface area contributed by atoms with E-state index in [-0.39, 0.29) is 39.5 Å². The normalized spacial score (nSPS) is 10.3. The third-order valence-corrected chi connectivity index (χ3v) is 6.43. The zero-order chi connectivity index (χ0) is 32.7. The van der Waals surface area contributed by atoms with E-state index in [4.69, 9.17) is 18.9 Å². The average Bonchev–Trinajstić information content (AvgIpc) is 3.07. The van der Waals surface area contributed by atoms with Gasteiger partial charge in [-0.25, -0.2) is 19.2 Å². The lowest BCUT2D eigenvalue weighted by Gasteiger charge is -2.10. The number of benzene rings is 3. The molecule has 0 spiro atoms. The molecule has 0 saturated carbocycles. The van der Waals surface area contributed by atoms with E-state index in [1.54, 1.807) is 0 Å². The Morgan fingerprint density at radius 3 is 1.17 bits per heavy atom. The summed E-state index contributed by atoms with van der Waals surface area (Å²) >= 11 is 0. The highest BCUT2D eigenvalue weighted by Crippen LogP contribution is 2.06. The Morgan fingerprint density at radius 1 is 0.435 bits per heavy atom. The van der Waals surface area contributed by atoms with Crippen molar-refractivity contribution < 1.29 is 38.1 Å². The minimum Gasteiger partial charge on any atom is -0.449 e. The molecule has 12 nitrogen and oxygen atoms in total. The van der Waals surface area contributed by atoms with Gasteiger partial charge in [0.2, 0.25) is 0 Å². The van der Waals surface area contributed by atoms with Gasteiger partial charge in [-0.3, -0.25) is 0 Å². The molecule has 0 atom stereocenters. The van der Waals surface area contributed by atoms with Crippen LogP contribution < -0.4 is 21.3 Å². The topological polar surface area (TPSA) is 153 Å². The van der Waals surface area contributed by atoms with E-state index in [0.717, 1.165) is 22.3 Å². The molecular formula is C34H42N4O8. The van der Waals surface area contributed by atoms with Crippen LogP contribution in [0.5, 0.6) is 0 Å². The van der Waals surface area contributed by atoms with Gasteiger partial charge in [-0.1, -0.05) is 84.9 Å². The molecule has 4 N–H and O–H groups in total. The number of hydrogen-bond donors (Lipinski definition) is 4. The van der Waals surface area contributed by atoms with Crippen LogP contribution in [0, 0.1) is 0 Å². The second-order valence-corrected chi connectivity index (χ2v) is 10.1. The summed E-state index contributed by atoms with van der Waals surface area (Å²) in [5.41, 5.74) is 3.89. The number of nitrogens with one attached hydrogen (secondary N) is 4. The molecule has 3 aromatic rings. The van der Waals surface area contributed by atoms with Crippen LogP contribution >= 0.6 is 0 Å². The summed E-state index contributed by atoms with van der Waals surface area (Å²) in [5.74, 6) is 0. The monoisotopic (exact) mass is 634 g/mol. The number of rotatable bonds is 18. The van der Waals surface area contributed by atoms with Crippen molar-refractivity contribution in [3.63, 3.8) is 0 Å². The van der Waals surface area contributed by atoms with Crippen molar-refractivity contribution in [3.8, 4) is 0 Å².